The minimum Gasteiger partial charge on any atom is -0.392 e. The molecule has 100 valence electrons. The molecular weight excluding hydrogens is 256 g/mol. The lowest BCUT2D eigenvalue weighted by Crippen LogP contribution is -2.58. The highest BCUT2D eigenvalue weighted by molar-refractivity contribution is 7.89. The zero-order chi connectivity index (χ0) is 13.1. The average molecular weight is 278 g/mol. The lowest BCUT2D eigenvalue weighted by Gasteiger charge is -2.38. The maximum Gasteiger partial charge on any atom is 0.212 e. The number of nitrogens with one attached hydrogen (secondary N) is 1. The molecule has 0 bridgehead atoms. The zero-order valence-electron chi connectivity index (χ0n) is 10.5. The second-order valence-electron chi connectivity index (χ2n) is 5.05. The van der Waals surface area contributed by atoms with Gasteiger partial charge in [0.25, 0.3) is 0 Å². The van der Waals surface area contributed by atoms with E-state index in [-0.39, 0.29) is 10.7 Å². The molecule has 0 aromatic heterocycles. The molecule has 0 saturated heterocycles. The molecule has 0 spiro atoms. The molecule has 0 amide bonds. The third-order valence-corrected chi connectivity index (χ3v) is 5.46. The van der Waals surface area contributed by atoms with E-state index in [1.165, 1.54) is 0 Å². The standard InChI is InChI=1S/C11H22N2O2S2/c1-3-8-17(14,15)13-11(10(12)16)6-4-9(2)5-7-11/h9,13H,3-8H2,1-2H3,(H2,12,16). The van der Waals surface area contributed by atoms with Crippen LogP contribution in [-0.4, -0.2) is 24.7 Å². The number of sulfonamides is 1. The van der Waals surface area contributed by atoms with Crippen molar-refractivity contribution in [2.45, 2.75) is 51.5 Å². The topological polar surface area (TPSA) is 72.2 Å². The Kier molecular flexibility index (Phi) is 4.92. The summed E-state index contributed by atoms with van der Waals surface area (Å²) in [6, 6.07) is 0. The third kappa shape index (κ3) is 3.89. The highest BCUT2D eigenvalue weighted by Crippen LogP contribution is 2.32. The molecule has 1 aliphatic carbocycles. The van der Waals surface area contributed by atoms with Crippen molar-refractivity contribution in [3.8, 4) is 0 Å². The first-order valence-electron chi connectivity index (χ1n) is 6.13. The van der Waals surface area contributed by atoms with Gasteiger partial charge in [-0.15, -0.1) is 0 Å². The molecule has 6 heteroatoms. The fourth-order valence-electron chi connectivity index (χ4n) is 2.27. The number of rotatable bonds is 5. The predicted octanol–water partition coefficient (Wildman–Crippen LogP) is 1.55. The monoisotopic (exact) mass is 278 g/mol. The van der Waals surface area contributed by atoms with Crippen molar-refractivity contribution >= 4 is 27.2 Å². The number of thiocarbonyl (C=S) groups is 1. The normalized spacial score (nSPS) is 30.1. The van der Waals surface area contributed by atoms with Crippen LogP contribution in [0.4, 0.5) is 0 Å². The quantitative estimate of drug-likeness (QED) is 0.749. The summed E-state index contributed by atoms with van der Waals surface area (Å²) in [5, 5.41) is 0. The van der Waals surface area contributed by atoms with Gasteiger partial charge in [-0.2, -0.15) is 0 Å². The third-order valence-electron chi connectivity index (χ3n) is 3.42. The summed E-state index contributed by atoms with van der Waals surface area (Å²) in [5.41, 5.74) is 5.07. The van der Waals surface area contributed by atoms with Crippen LogP contribution < -0.4 is 10.5 Å². The van der Waals surface area contributed by atoms with Crippen LogP contribution in [0.25, 0.3) is 0 Å². The summed E-state index contributed by atoms with van der Waals surface area (Å²) >= 11 is 5.07. The first-order chi connectivity index (χ1) is 7.81. The van der Waals surface area contributed by atoms with Gasteiger partial charge in [-0.25, -0.2) is 13.1 Å². The Morgan fingerprint density at radius 3 is 2.41 bits per heavy atom. The molecule has 0 radical (unpaired) electrons. The summed E-state index contributed by atoms with van der Waals surface area (Å²) in [4.78, 5) is 0.282. The molecule has 17 heavy (non-hydrogen) atoms. The Labute approximate surface area is 109 Å². The summed E-state index contributed by atoms with van der Waals surface area (Å²) in [7, 11) is -3.27. The maximum absolute atomic E-state index is 11.9. The van der Waals surface area contributed by atoms with E-state index < -0.39 is 15.6 Å². The number of hydrogen-bond donors (Lipinski definition) is 2. The van der Waals surface area contributed by atoms with E-state index in [4.69, 9.17) is 18.0 Å². The molecular formula is C11H22N2O2S2. The summed E-state index contributed by atoms with van der Waals surface area (Å²) in [6.07, 6.45) is 3.95. The van der Waals surface area contributed by atoms with Crippen LogP contribution >= 0.6 is 12.2 Å². The number of nitrogens with two attached hydrogens (primary N) is 1. The van der Waals surface area contributed by atoms with Gasteiger partial charge in [0, 0.05) is 0 Å². The van der Waals surface area contributed by atoms with E-state index in [9.17, 15) is 8.42 Å². The fraction of sp³-hybridized carbons (Fsp3) is 0.909. The molecule has 0 aliphatic heterocycles. The van der Waals surface area contributed by atoms with Crippen LogP contribution in [0.2, 0.25) is 0 Å². The van der Waals surface area contributed by atoms with Crippen LogP contribution in [-0.2, 0) is 10.0 Å². The molecule has 1 aliphatic rings. The van der Waals surface area contributed by atoms with E-state index in [2.05, 4.69) is 11.6 Å². The lowest BCUT2D eigenvalue weighted by atomic mass is 9.78. The van der Waals surface area contributed by atoms with Crippen LogP contribution in [0.3, 0.4) is 0 Å². The molecule has 1 saturated carbocycles. The van der Waals surface area contributed by atoms with Crippen molar-refractivity contribution in [2.24, 2.45) is 11.7 Å². The second-order valence-corrected chi connectivity index (χ2v) is 7.33. The van der Waals surface area contributed by atoms with E-state index in [0.29, 0.717) is 25.2 Å². The van der Waals surface area contributed by atoms with Crippen molar-refractivity contribution in [1.82, 2.24) is 4.72 Å². The lowest BCUT2D eigenvalue weighted by molar-refractivity contribution is 0.289. The van der Waals surface area contributed by atoms with Gasteiger partial charge in [0.1, 0.15) is 0 Å². The first-order valence-corrected chi connectivity index (χ1v) is 8.19. The molecule has 3 N–H and O–H groups in total. The Morgan fingerprint density at radius 1 is 1.47 bits per heavy atom. The number of hydrogen-bond acceptors (Lipinski definition) is 3. The van der Waals surface area contributed by atoms with Crippen LogP contribution in [0.5, 0.6) is 0 Å². The molecule has 0 aromatic carbocycles. The van der Waals surface area contributed by atoms with Gasteiger partial charge in [-0.1, -0.05) is 26.1 Å². The van der Waals surface area contributed by atoms with Gasteiger partial charge in [-0.3, -0.25) is 0 Å². The molecule has 0 aromatic rings. The minimum atomic E-state index is -3.27. The van der Waals surface area contributed by atoms with Crippen molar-refractivity contribution in [1.29, 1.82) is 0 Å². The van der Waals surface area contributed by atoms with Crippen LogP contribution in [0, 0.1) is 5.92 Å². The largest absolute Gasteiger partial charge is 0.392 e. The summed E-state index contributed by atoms with van der Waals surface area (Å²) < 4.78 is 26.5. The van der Waals surface area contributed by atoms with Gasteiger partial charge in [0.15, 0.2) is 0 Å². The van der Waals surface area contributed by atoms with E-state index in [1.54, 1.807) is 0 Å². The van der Waals surface area contributed by atoms with Gasteiger partial charge in [-0.05, 0) is 38.0 Å². The van der Waals surface area contributed by atoms with E-state index in [0.717, 1.165) is 12.8 Å². The van der Waals surface area contributed by atoms with Crippen molar-refractivity contribution in [3.05, 3.63) is 0 Å². The smallest absolute Gasteiger partial charge is 0.212 e. The van der Waals surface area contributed by atoms with Crippen LogP contribution in [0.1, 0.15) is 46.0 Å². The Bertz CT molecular complexity index is 371. The molecule has 0 atom stereocenters. The van der Waals surface area contributed by atoms with Gasteiger partial charge in [0.2, 0.25) is 10.0 Å². The van der Waals surface area contributed by atoms with E-state index >= 15 is 0 Å². The fourth-order valence-corrected chi connectivity index (χ4v) is 4.14. The van der Waals surface area contributed by atoms with Gasteiger partial charge in [0.05, 0.1) is 16.3 Å². The van der Waals surface area contributed by atoms with E-state index in [1.807, 2.05) is 6.92 Å². The van der Waals surface area contributed by atoms with Crippen molar-refractivity contribution in [3.63, 3.8) is 0 Å². The van der Waals surface area contributed by atoms with Crippen LogP contribution in [0.15, 0.2) is 0 Å². The minimum absolute atomic E-state index is 0.132. The second kappa shape index (κ2) is 5.63. The SMILES string of the molecule is CCCS(=O)(=O)NC1(C(N)=S)CCC(C)CC1. The Balaban J connectivity index is 2.84. The Morgan fingerprint density at radius 2 is 2.00 bits per heavy atom. The average Bonchev–Trinajstić information content (AvgIpc) is 2.21. The molecule has 1 fully saturated rings. The molecule has 0 heterocycles. The highest BCUT2D eigenvalue weighted by Gasteiger charge is 2.39. The summed E-state index contributed by atoms with van der Waals surface area (Å²) in [6.45, 7) is 4.01. The highest BCUT2D eigenvalue weighted by atomic mass is 32.2. The zero-order valence-corrected chi connectivity index (χ0v) is 12.2. The summed E-state index contributed by atoms with van der Waals surface area (Å²) in [5.74, 6) is 0.751. The van der Waals surface area contributed by atoms with Crippen molar-refractivity contribution in [2.75, 3.05) is 5.75 Å². The molecule has 4 nitrogen and oxygen atoms in total. The van der Waals surface area contributed by atoms with Crippen molar-refractivity contribution < 1.29 is 8.42 Å². The molecule has 1 rings (SSSR count). The first kappa shape index (κ1) is 14.9. The van der Waals surface area contributed by atoms with Gasteiger partial charge >= 0.3 is 0 Å². The predicted molar refractivity (Wildman–Crippen MR) is 74.4 cm³/mol. The van der Waals surface area contributed by atoms with Gasteiger partial charge < -0.3 is 5.73 Å². The molecule has 0 unspecified atom stereocenters. The maximum atomic E-state index is 11.9. The Hall–Kier alpha value is -0.200.